The first-order valence-electron chi connectivity index (χ1n) is 13.3. The second-order valence-electron chi connectivity index (χ2n) is 9.40. The van der Waals surface area contributed by atoms with Crippen LogP contribution in [-0.2, 0) is 30.5 Å². The van der Waals surface area contributed by atoms with Gasteiger partial charge in [-0.25, -0.2) is 0 Å². The van der Waals surface area contributed by atoms with Gasteiger partial charge in [0.2, 0.25) is 24.1 Å². The highest BCUT2D eigenvalue weighted by atomic mass is 16.5. The van der Waals surface area contributed by atoms with Crippen LogP contribution in [0.25, 0.3) is 0 Å². The van der Waals surface area contributed by atoms with Crippen LogP contribution in [0, 0.1) is 0 Å². The second kappa shape index (κ2) is 17.2. The number of fused-ring (bicyclic) bond motifs is 1. The third-order valence-corrected chi connectivity index (χ3v) is 6.36. The number of carbonyl (C=O) groups is 5. The molecule has 0 aliphatic carbocycles. The Kier molecular flexibility index (Phi) is 14.0. The van der Waals surface area contributed by atoms with Crippen LogP contribution in [0.1, 0.15) is 74.7 Å². The van der Waals surface area contributed by atoms with E-state index in [4.69, 9.17) is 4.74 Å². The topological polar surface area (TPSA) is 146 Å². The largest absolute Gasteiger partial charge is 0.378 e. The fourth-order valence-electron chi connectivity index (χ4n) is 4.23. The third kappa shape index (κ3) is 11.0. The van der Waals surface area contributed by atoms with E-state index in [9.17, 15) is 24.0 Å². The molecule has 5 amide bonds. The molecule has 1 heterocycles. The summed E-state index contributed by atoms with van der Waals surface area (Å²) in [7, 11) is 0. The standard InChI is InChI=1S/C27H41N5O6/c1-20(11-12-25(35)30-19-33)32-18-23-22(27(32)37)8-7-9-24(23)31-26(36)10-5-3-4-6-13-28-14-16-38-17-15-29-21(2)34/h7-9,19-20,28H,3-6,10-18H2,1-2H3,(H,29,34)(H,31,36)(H,30,33,35). The molecule has 1 aliphatic heterocycles. The summed E-state index contributed by atoms with van der Waals surface area (Å²) in [5.41, 5.74) is 2.01. The Morgan fingerprint density at radius 3 is 2.55 bits per heavy atom. The van der Waals surface area contributed by atoms with Crippen LogP contribution in [-0.4, -0.2) is 73.8 Å². The normalized spacial score (nSPS) is 13.1. The number of ether oxygens (including phenoxy) is 1. The van der Waals surface area contributed by atoms with E-state index in [1.165, 1.54) is 6.92 Å². The number of benzene rings is 1. The Labute approximate surface area is 224 Å². The molecule has 1 aromatic rings. The van der Waals surface area contributed by atoms with E-state index in [0.717, 1.165) is 44.3 Å². The van der Waals surface area contributed by atoms with E-state index in [0.29, 0.717) is 56.8 Å². The molecule has 0 saturated carbocycles. The Bertz CT molecular complexity index is 954. The van der Waals surface area contributed by atoms with Gasteiger partial charge in [0.1, 0.15) is 0 Å². The van der Waals surface area contributed by atoms with Crippen molar-refractivity contribution < 1.29 is 28.7 Å². The van der Waals surface area contributed by atoms with Gasteiger partial charge in [-0.1, -0.05) is 18.9 Å². The van der Waals surface area contributed by atoms with Gasteiger partial charge in [0.05, 0.1) is 13.2 Å². The number of hydrogen-bond donors (Lipinski definition) is 4. The van der Waals surface area contributed by atoms with Gasteiger partial charge in [-0.2, -0.15) is 0 Å². The summed E-state index contributed by atoms with van der Waals surface area (Å²) in [6, 6.07) is 5.14. The maximum Gasteiger partial charge on any atom is 0.254 e. The molecular formula is C27H41N5O6. The number of amides is 5. The van der Waals surface area contributed by atoms with Crippen LogP contribution in [0.15, 0.2) is 18.2 Å². The van der Waals surface area contributed by atoms with E-state index in [2.05, 4.69) is 21.3 Å². The number of hydrogen-bond acceptors (Lipinski definition) is 7. The van der Waals surface area contributed by atoms with Gasteiger partial charge >= 0.3 is 0 Å². The molecular weight excluding hydrogens is 490 g/mol. The van der Waals surface area contributed by atoms with Crippen molar-refractivity contribution in [1.29, 1.82) is 0 Å². The number of rotatable bonds is 19. The van der Waals surface area contributed by atoms with Crippen LogP contribution >= 0.6 is 0 Å². The molecule has 0 fully saturated rings. The van der Waals surface area contributed by atoms with Gasteiger partial charge in [0.15, 0.2) is 0 Å². The molecule has 0 aromatic heterocycles. The highest BCUT2D eigenvalue weighted by Crippen LogP contribution is 2.31. The van der Waals surface area contributed by atoms with E-state index in [-0.39, 0.29) is 36.1 Å². The first-order valence-corrected chi connectivity index (χ1v) is 13.3. The molecule has 1 aliphatic rings. The highest BCUT2D eigenvalue weighted by molar-refractivity contribution is 6.02. The van der Waals surface area contributed by atoms with Crippen LogP contribution in [0.2, 0.25) is 0 Å². The Morgan fingerprint density at radius 2 is 1.79 bits per heavy atom. The van der Waals surface area contributed by atoms with Gasteiger partial charge in [0, 0.05) is 62.3 Å². The average molecular weight is 532 g/mol. The van der Waals surface area contributed by atoms with Crippen molar-refractivity contribution in [2.24, 2.45) is 0 Å². The molecule has 0 spiro atoms. The molecule has 4 N–H and O–H groups in total. The van der Waals surface area contributed by atoms with Crippen LogP contribution in [0.3, 0.4) is 0 Å². The first-order chi connectivity index (χ1) is 18.3. The summed E-state index contributed by atoms with van der Waals surface area (Å²) >= 11 is 0. The summed E-state index contributed by atoms with van der Waals surface area (Å²) in [5, 5.41) is 11.1. The smallest absolute Gasteiger partial charge is 0.254 e. The Morgan fingerprint density at radius 1 is 1.03 bits per heavy atom. The number of unbranched alkanes of at least 4 members (excludes halogenated alkanes) is 3. The Balaban J connectivity index is 1.62. The fourth-order valence-corrected chi connectivity index (χ4v) is 4.23. The molecule has 38 heavy (non-hydrogen) atoms. The Hall–Kier alpha value is -3.31. The summed E-state index contributed by atoms with van der Waals surface area (Å²) in [4.78, 5) is 59.8. The molecule has 1 atom stereocenters. The van der Waals surface area contributed by atoms with Crippen molar-refractivity contribution in [3.63, 3.8) is 0 Å². The number of imide groups is 1. The minimum absolute atomic E-state index is 0.0559. The van der Waals surface area contributed by atoms with Crippen molar-refractivity contribution in [3.8, 4) is 0 Å². The van der Waals surface area contributed by atoms with Gasteiger partial charge in [-0.15, -0.1) is 0 Å². The van der Waals surface area contributed by atoms with Crippen molar-refractivity contribution in [2.45, 2.75) is 71.4 Å². The molecule has 210 valence electrons. The molecule has 11 nitrogen and oxygen atoms in total. The van der Waals surface area contributed by atoms with Crippen molar-refractivity contribution in [2.75, 3.05) is 38.2 Å². The maximum absolute atomic E-state index is 12.9. The van der Waals surface area contributed by atoms with E-state index in [1.54, 1.807) is 17.0 Å². The zero-order valence-corrected chi connectivity index (χ0v) is 22.5. The lowest BCUT2D eigenvalue weighted by Gasteiger charge is -2.24. The number of nitrogens with zero attached hydrogens (tertiary/aromatic N) is 1. The van der Waals surface area contributed by atoms with Crippen LogP contribution in [0.5, 0.6) is 0 Å². The quantitative estimate of drug-likeness (QED) is 0.157. The van der Waals surface area contributed by atoms with Crippen molar-refractivity contribution in [1.82, 2.24) is 20.9 Å². The number of carbonyl (C=O) groups excluding carboxylic acids is 5. The summed E-state index contributed by atoms with van der Waals surface area (Å²) in [5.74, 6) is -0.622. The minimum Gasteiger partial charge on any atom is -0.378 e. The second-order valence-corrected chi connectivity index (χ2v) is 9.40. The number of nitrogens with one attached hydrogen (secondary N) is 4. The van der Waals surface area contributed by atoms with Crippen molar-refractivity contribution in [3.05, 3.63) is 29.3 Å². The van der Waals surface area contributed by atoms with Gasteiger partial charge in [-0.05, 0) is 44.9 Å². The van der Waals surface area contributed by atoms with Gasteiger partial charge < -0.3 is 25.6 Å². The van der Waals surface area contributed by atoms with Crippen LogP contribution in [0.4, 0.5) is 5.69 Å². The lowest BCUT2D eigenvalue weighted by Crippen LogP contribution is -2.34. The summed E-state index contributed by atoms with van der Waals surface area (Å²) in [6.45, 7) is 7.01. The van der Waals surface area contributed by atoms with Crippen LogP contribution < -0.4 is 21.3 Å². The van der Waals surface area contributed by atoms with E-state index >= 15 is 0 Å². The lowest BCUT2D eigenvalue weighted by atomic mass is 10.1. The molecule has 0 saturated heterocycles. The molecule has 11 heteroatoms. The van der Waals surface area contributed by atoms with Gasteiger partial charge in [0.25, 0.3) is 5.91 Å². The highest BCUT2D eigenvalue weighted by Gasteiger charge is 2.32. The zero-order chi connectivity index (χ0) is 27.8. The summed E-state index contributed by atoms with van der Waals surface area (Å²) < 4.78 is 5.41. The average Bonchev–Trinajstić information content (AvgIpc) is 3.23. The minimum atomic E-state index is -0.374. The van der Waals surface area contributed by atoms with E-state index in [1.807, 2.05) is 13.0 Å². The molecule has 2 rings (SSSR count). The summed E-state index contributed by atoms with van der Waals surface area (Å²) in [6.07, 6.45) is 5.14. The predicted molar refractivity (Wildman–Crippen MR) is 143 cm³/mol. The SMILES string of the molecule is CC(=O)NCCOCCNCCCCCCC(=O)Nc1cccc2c1CN(C(C)CCC(=O)NC=O)C2=O. The lowest BCUT2D eigenvalue weighted by molar-refractivity contribution is -0.125. The molecule has 0 radical (unpaired) electrons. The third-order valence-electron chi connectivity index (χ3n) is 6.36. The maximum atomic E-state index is 12.9. The molecule has 0 bridgehead atoms. The fraction of sp³-hybridized carbons (Fsp3) is 0.593. The monoisotopic (exact) mass is 531 g/mol. The molecule has 1 aromatic carbocycles. The molecule has 1 unspecified atom stereocenters. The zero-order valence-electron chi connectivity index (χ0n) is 22.5. The van der Waals surface area contributed by atoms with E-state index < -0.39 is 0 Å². The first kappa shape index (κ1) is 30.9. The van der Waals surface area contributed by atoms with Crippen molar-refractivity contribution >= 4 is 35.7 Å². The van der Waals surface area contributed by atoms with Gasteiger partial charge in [-0.3, -0.25) is 29.3 Å². The predicted octanol–water partition coefficient (Wildman–Crippen LogP) is 1.72. The number of anilines is 1.